The van der Waals surface area contributed by atoms with Gasteiger partial charge in [-0.25, -0.2) is 0 Å². The zero-order valence-electron chi connectivity index (χ0n) is 13.9. The topological polar surface area (TPSA) is 59.2 Å². The van der Waals surface area contributed by atoms with E-state index in [1.165, 1.54) is 0 Å². The smallest absolute Gasteiger partial charge is 0.227 e. The van der Waals surface area contributed by atoms with E-state index in [1.807, 2.05) is 35.2 Å². The van der Waals surface area contributed by atoms with Crippen LogP contribution in [-0.2, 0) is 11.2 Å². The maximum Gasteiger partial charge on any atom is 0.227 e. The first-order chi connectivity index (χ1) is 10.7. The molecule has 1 aliphatic heterocycles. The van der Waals surface area contributed by atoms with Gasteiger partial charge in [0.05, 0.1) is 11.9 Å². The highest BCUT2D eigenvalue weighted by molar-refractivity contribution is 5.87. The molecule has 1 aromatic heterocycles. The van der Waals surface area contributed by atoms with Crippen LogP contribution < -0.4 is 5.73 Å². The van der Waals surface area contributed by atoms with E-state index in [2.05, 4.69) is 11.9 Å². The van der Waals surface area contributed by atoms with Crippen molar-refractivity contribution < 1.29 is 4.79 Å². The SMILES string of the molecule is CC1CCN(C(=O)Cc2cccc3cccnc23)C(CN)C1.Cl.Cl. The fraction of sp³-hybridized carbons (Fsp3) is 0.444. The Kier molecular flexibility index (Phi) is 7.94. The van der Waals surface area contributed by atoms with Crippen LogP contribution in [0.2, 0.25) is 0 Å². The Bertz CT molecular complexity index is 675. The molecule has 2 aromatic rings. The molecule has 0 bridgehead atoms. The molecule has 2 unspecified atom stereocenters. The molecule has 0 radical (unpaired) electrons. The first kappa shape index (κ1) is 20.7. The quantitative estimate of drug-likeness (QED) is 0.903. The highest BCUT2D eigenvalue weighted by Crippen LogP contribution is 2.24. The zero-order chi connectivity index (χ0) is 15.5. The summed E-state index contributed by atoms with van der Waals surface area (Å²) in [5.74, 6) is 0.817. The molecule has 3 rings (SSSR count). The van der Waals surface area contributed by atoms with Crippen molar-refractivity contribution in [2.24, 2.45) is 11.7 Å². The van der Waals surface area contributed by atoms with Crippen molar-refractivity contribution in [3.8, 4) is 0 Å². The number of carbonyl (C=O) groups excluding carboxylic acids is 1. The number of hydrogen-bond acceptors (Lipinski definition) is 3. The number of fused-ring (bicyclic) bond motifs is 1. The van der Waals surface area contributed by atoms with Gasteiger partial charge in [-0.3, -0.25) is 9.78 Å². The Morgan fingerprint density at radius 3 is 2.79 bits per heavy atom. The normalized spacial score (nSPS) is 20.2. The van der Waals surface area contributed by atoms with Crippen molar-refractivity contribution in [2.75, 3.05) is 13.1 Å². The van der Waals surface area contributed by atoms with Crippen molar-refractivity contribution in [1.29, 1.82) is 0 Å². The second kappa shape index (κ2) is 9.21. The molecule has 24 heavy (non-hydrogen) atoms. The number of halogens is 2. The van der Waals surface area contributed by atoms with E-state index in [1.54, 1.807) is 6.20 Å². The van der Waals surface area contributed by atoms with Gasteiger partial charge in [0.2, 0.25) is 5.91 Å². The van der Waals surface area contributed by atoms with Gasteiger partial charge in [-0.05, 0) is 30.4 Å². The largest absolute Gasteiger partial charge is 0.338 e. The molecule has 1 aromatic carbocycles. The molecule has 0 saturated carbocycles. The molecule has 1 saturated heterocycles. The predicted octanol–water partition coefficient (Wildman–Crippen LogP) is 3.21. The minimum atomic E-state index is 0. The van der Waals surface area contributed by atoms with Gasteiger partial charge in [0.15, 0.2) is 0 Å². The highest BCUT2D eigenvalue weighted by Gasteiger charge is 2.28. The van der Waals surface area contributed by atoms with Gasteiger partial charge in [0, 0.05) is 30.7 Å². The molecule has 0 spiro atoms. The molecule has 2 heterocycles. The van der Waals surface area contributed by atoms with E-state index in [9.17, 15) is 4.79 Å². The summed E-state index contributed by atoms with van der Waals surface area (Å²) < 4.78 is 0. The van der Waals surface area contributed by atoms with Gasteiger partial charge in [0.25, 0.3) is 0 Å². The Morgan fingerprint density at radius 2 is 2.04 bits per heavy atom. The molecule has 4 nitrogen and oxygen atoms in total. The predicted molar refractivity (Wildman–Crippen MR) is 103 cm³/mol. The molecule has 2 N–H and O–H groups in total. The van der Waals surface area contributed by atoms with Crippen molar-refractivity contribution in [3.63, 3.8) is 0 Å². The van der Waals surface area contributed by atoms with Crippen LogP contribution in [0.15, 0.2) is 36.5 Å². The minimum absolute atomic E-state index is 0. The number of piperidine rings is 1. The van der Waals surface area contributed by atoms with E-state index in [-0.39, 0.29) is 36.8 Å². The third-order valence-electron chi connectivity index (χ3n) is 4.63. The summed E-state index contributed by atoms with van der Waals surface area (Å²) >= 11 is 0. The van der Waals surface area contributed by atoms with Gasteiger partial charge in [-0.2, -0.15) is 0 Å². The standard InChI is InChI=1S/C18H23N3O.2ClH/c1-13-7-9-21(16(10-13)12-19)17(22)11-15-5-2-4-14-6-3-8-20-18(14)15;;/h2-6,8,13,16H,7,9-12,19H2,1H3;2*1H. The van der Waals surface area contributed by atoms with Gasteiger partial charge in [-0.1, -0.05) is 31.2 Å². The van der Waals surface area contributed by atoms with Crippen molar-refractivity contribution in [1.82, 2.24) is 9.88 Å². The molecular formula is C18H25Cl2N3O. The number of aromatic nitrogens is 1. The monoisotopic (exact) mass is 369 g/mol. The summed E-state index contributed by atoms with van der Waals surface area (Å²) in [4.78, 5) is 19.1. The Balaban J connectivity index is 0.00000144. The van der Waals surface area contributed by atoms with E-state index in [4.69, 9.17) is 5.73 Å². The van der Waals surface area contributed by atoms with Crippen molar-refractivity contribution in [3.05, 3.63) is 42.1 Å². The van der Waals surface area contributed by atoms with Crippen LogP contribution in [0.1, 0.15) is 25.3 Å². The van der Waals surface area contributed by atoms with Crippen molar-refractivity contribution in [2.45, 2.75) is 32.2 Å². The molecular weight excluding hydrogens is 345 g/mol. The summed E-state index contributed by atoms with van der Waals surface area (Å²) in [5, 5.41) is 1.08. The average molecular weight is 370 g/mol. The third kappa shape index (κ3) is 4.38. The van der Waals surface area contributed by atoms with Gasteiger partial charge in [0.1, 0.15) is 0 Å². The van der Waals surface area contributed by atoms with Crippen LogP contribution in [0.25, 0.3) is 10.9 Å². The van der Waals surface area contributed by atoms with Crippen LogP contribution in [0.3, 0.4) is 0 Å². The number of nitrogens with two attached hydrogens (primary N) is 1. The molecule has 1 fully saturated rings. The fourth-order valence-electron chi connectivity index (χ4n) is 3.38. The third-order valence-corrected chi connectivity index (χ3v) is 4.63. The van der Waals surface area contributed by atoms with Crippen LogP contribution in [0.4, 0.5) is 0 Å². The number of rotatable bonds is 3. The summed E-state index contributed by atoms with van der Waals surface area (Å²) in [7, 11) is 0. The van der Waals surface area contributed by atoms with E-state index in [0.29, 0.717) is 18.9 Å². The number of benzene rings is 1. The molecule has 1 aliphatic rings. The molecule has 1 amide bonds. The second-order valence-corrected chi connectivity index (χ2v) is 6.28. The number of carbonyl (C=O) groups is 1. The maximum absolute atomic E-state index is 12.7. The number of hydrogen-bond donors (Lipinski definition) is 1. The fourth-order valence-corrected chi connectivity index (χ4v) is 3.38. The number of amides is 1. The first-order valence-corrected chi connectivity index (χ1v) is 8.01. The summed E-state index contributed by atoms with van der Waals surface area (Å²) in [6, 6.07) is 10.1. The highest BCUT2D eigenvalue weighted by atomic mass is 35.5. The first-order valence-electron chi connectivity index (χ1n) is 8.01. The summed E-state index contributed by atoms with van der Waals surface area (Å²) in [6.07, 6.45) is 4.26. The van der Waals surface area contributed by atoms with Crippen LogP contribution in [0.5, 0.6) is 0 Å². The van der Waals surface area contributed by atoms with Crippen LogP contribution >= 0.6 is 24.8 Å². The lowest BCUT2D eigenvalue weighted by Crippen LogP contribution is -2.49. The molecule has 0 aliphatic carbocycles. The lowest BCUT2D eigenvalue weighted by atomic mass is 9.92. The summed E-state index contributed by atoms with van der Waals surface area (Å²) in [5.41, 5.74) is 7.79. The second-order valence-electron chi connectivity index (χ2n) is 6.28. The summed E-state index contributed by atoms with van der Waals surface area (Å²) in [6.45, 7) is 3.60. The van der Waals surface area contributed by atoms with Gasteiger partial charge < -0.3 is 10.6 Å². The number of pyridine rings is 1. The lowest BCUT2D eigenvalue weighted by Gasteiger charge is -2.38. The molecule has 6 heteroatoms. The lowest BCUT2D eigenvalue weighted by molar-refractivity contribution is -0.134. The molecule has 132 valence electrons. The van der Waals surface area contributed by atoms with E-state index < -0.39 is 0 Å². The number of para-hydroxylation sites is 1. The van der Waals surface area contributed by atoms with Crippen LogP contribution in [0, 0.1) is 5.92 Å². The Hall–Kier alpha value is -1.36. The average Bonchev–Trinajstić information content (AvgIpc) is 2.55. The van der Waals surface area contributed by atoms with E-state index in [0.717, 1.165) is 35.9 Å². The van der Waals surface area contributed by atoms with Crippen molar-refractivity contribution >= 4 is 41.6 Å². The minimum Gasteiger partial charge on any atom is -0.338 e. The van der Waals surface area contributed by atoms with Gasteiger partial charge in [-0.15, -0.1) is 24.8 Å². The van der Waals surface area contributed by atoms with Gasteiger partial charge >= 0.3 is 0 Å². The maximum atomic E-state index is 12.7. The van der Waals surface area contributed by atoms with E-state index >= 15 is 0 Å². The van der Waals surface area contributed by atoms with Crippen LogP contribution in [-0.4, -0.2) is 34.9 Å². The zero-order valence-corrected chi connectivity index (χ0v) is 15.5. The number of likely N-dealkylation sites (tertiary alicyclic amines) is 1. The molecule has 2 atom stereocenters. The Morgan fingerprint density at radius 1 is 1.29 bits per heavy atom. The Labute approximate surface area is 155 Å². The number of nitrogens with zero attached hydrogens (tertiary/aromatic N) is 2.